The fourth-order valence-electron chi connectivity index (χ4n) is 4.13. The van der Waals surface area contributed by atoms with Gasteiger partial charge in [-0.3, -0.25) is 19.4 Å². The van der Waals surface area contributed by atoms with Crippen LogP contribution in [0.25, 0.3) is 23.3 Å². The number of aromatic amines is 1. The Hall–Kier alpha value is -3.16. The number of nitrogens with zero attached hydrogens (tertiary/aromatic N) is 3. The minimum atomic E-state index is -0.436. The topological polar surface area (TPSA) is 96.8 Å². The molecule has 1 aromatic carbocycles. The number of nitrogens with one attached hydrogen (secondary N) is 1. The Kier molecular flexibility index (Phi) is 5.57. The maximum absolute atomic E-state index is 12.7. The average molecular weight is 410 g/mol. The van der Waals surface area contributed by atoms with Gasteiger partial charge in [0.1, 0.15) is 11.1 Å². The molecular weight excluding hydrogens is 384 g/mol. The van der Waals surface area contributed by atoms with Crippen LogP contribution in [0.3, 0.4) is 0 Å². The predicted molar refractivity (Wildman–Crippen MR) is 115 cm³/mol. The molecule has 2 heterocycles. The van der Waals surface area contributed by atoms with Gasteiger partial charge in [-0.25, -0.2) is 9.38 Å². The zero-order valence-corrected chi connectivity index (χ0v) is 17.1. The number of carbonyl (C=O) groups excluding carboxylic acids is 1. The van der Waals surface area contributed by atoms with E-state index in [-0.39, 0.29) is 22.6 Å². The second-order valence-corrected chi connectivity index (χ2v) is 7.90. The van der Waals surface area contributed by atoms with E-state index in [2.05, 4.69) is 16.5 Å². The lowest BCUT2D eigenvalue weighted by atomic mass is 9.94. The summed E-state index contributed by atoms with van der Waals surface area (Å²) in [5.41, 5.74) is -0.333. The minimum absolute atomic E-state index is 0.0521. The Morgan fingerprint density at radius 3 is 2.83 bits per heavy atom. The Morgan fingerprint density at radius 2 is 2.07 bits per heavy atom. The molecule has 30 heavy (non-hydrogen) atoms. The van der Waals surface area contributed by atoms with Crippen molar-refractivity contribution in [1.29, 1.82) is 0 Å². The molecular formula is C22H26N4O4. The van der Waals surface area contributed by atoms with Crippen molar-refractivity contribution in [2.24, 2.45) is 0 Å². The molecule has 4 rings (SSSR count). The maximum atomic E-state index is 12.7. The minimum Gasteiger partial charge on any atom is -0.494 e. The first-order chi connectivity index (χ1) is 14.5. The lowest BCUT2D eigenvalue weighted by Gasteiger charge is -2.31. The standard InChI is InChI=1S/C22H26N4O4/c1-14-20(28)24-22-23-18-11-10-16(13-17(18)21(29)26(14)22)30-12-6-9-19(27)25(2)15-7-4-3-5-8-15/h10-11,13,15H,1,3-9,12H2,2H3,(H,23,24,28). The maximum Gasteiger partial charge on any atom is 0.274 e. The fraction of sp³-hybridized carbons (Fsp3) is 0.455. The first-order valence-electron chi connectivity index (χ1n) is 10.4. The summed E-state index contributed by atoms with van der Waals surface area (Å²) < 4.78 is 6.94. The smallest absolute Gasteiger partial charge is 0.274 e. The van der Waals surface area contributed by atoms with E-state index in [0.29, 0.717) is 42.1 Å². The SMILES string of the molecule is C=c1c(=O)[nH]c2nc3ccc(OCCCC(=O)N(C)C4CCCCC4)cc3c(=O)n12. The number of hydrogen-bond acceptors (Lipinski definition) is 5. The van der Waals surface area contributed by atoms with Gasteiger partial charge in [0.15, 0.2) is 0 Å². The molecule has 1 N–H and O–H groups in total. The molecule has 0 spiro atoms. The van der Waals surface area contributed by atoms with Crippen LogP contribution in [-0.2, 0) is 4.79 Å². The third kappa shape index (κ3) is 3.81. The second kappa shape index (κ2) is 8.30. The largest absolute Gasteiger partial charge is 0.494 e. The molecule has 8 heteroatoms. The molecule has 0 aliphatic heterocycles. The predicted octanol–water partition coefficient (Wildman–Crippen LogP) is 1.62. The van der Waals surface area contributed by atoms with Gasteiger partial charge in [-0.15, -0.1) is 0 Å². The Bertz CT molecular complexity index is 1240. The lowest BCUT2D eigenvalue weighted by Crippen LogP contribution is -2.38. The second-order valence-electron chi connectivity index (χ2n) is 7.90. The van der Waals surface area contributed by atoms with Crippen LogP contribution in [0.2, 0.25) is 0 Å². The molecule has 0 radical (unpaired) electrons. The molecule has 3 aromatic rings. The number of carbonyl (C=O) groups is 1. The summed E-state index contributed by atoms with van der Waals surface area (Å²) >= 11 is 0. The van der Waals surface area contributed by atoms with E-state index in [9.17, 15) is 14.4 Å². The summed E-state index contributed by atoms with van der Waals surface area (Å²) in [6, 6.07) is 5.39. The first-order valence-corrected chi connectivity index (χ1v) is 10.4. The number of aromatic nitrogens is 3. The Balaban J connectivity index is 1.40. The number of fused-ring (bicyclic) bond motifs is 2. The van der Waals surface area contributed by atoms with Crippen molar-refractivity contribution in [2.75, 3.05) is 13.7 Å². The highest BCUT2D eigenvalue weighted by atomic mass is 16.5. The van der Waals surface area contributed by atoms with Crippen LogP contribution in [0.15, 0.2) is 27.8 Å². The van der Waals surface area contributed by atoms with E-state index < -0.39 is 5.56 Å². The molecule has 158 valence electrons. The Labute approximate surface area is 173 Å². The van der Waals surface area contributed by atoms with Gasteiger partial charge in [0.05, 0.1) is 17.5 Å². The van der Waals surface area contributed by atoms with Gasteiger partial charge in [-0.05, 0) is 37.5 Å². The van der Waals surface area contributed by atoms with Crippen molar-refractivity contribution in [2.45, 2.75) is 51.0 Å². The fourth-order valence-corrected chi connectivity index (χ4v) is 4.13. The van der Waals surface area contributed by atoms with Gasteiger partial charge in [0.2, 0.25) is 11.7 Å². The highest BCUT2D eigenvalue weighted by Gasteiger charge is 2.21. The van der Waals surface area contributed by atoms with Crippen molar-refractivity contribution in [1.82, 2.24) is 19.3 Å². The quantitative estimate of drug-likeness (QED) is 0.623. The highest BCUT2D eigenvalue weighted by Crippen LogP contribution is 2.22. The molecule has 0 saturated heterocycles. The van der Waals surface area contributed by atoms with Gasteiger partial charge >= 0.3 is 0 Å². The monoisotopic (exact) mass is 410 g/mol. The molecule has 1 aliphatic carbocycles. The molecule has 8 nitrogen and oxygen atoms in total. The van der Waals surface area contributed by atoms with E-state index in [1.807, 2.05) is 11.9 Å². The first kappa shape index (κ1) is 20.1. The molecule has 2 aromatic heterocycles. The number of hydrogen-bond donors (Lipinski definition) is 1. The van der Waals surface area contributed by atoms with Gasteiger partial charge in [-0.1, -0.05) is 25.8 Å². The van der Waals surface area contributed by atoms with Crippen molar-refractivity contribution < 1.29 is 9.53 Å². The van der Waals surface area contributed by atoms with Crippen LogP contribution in [0, 0.1) is 0 Å². The summed E-state index contributed by atoms with van der Waals surface area (Å²) in [5.74, 6) is 0.854. The number of imidazole rings is 1. The summed E-state index contributed by atoms with van der Waals surface area (Å²) in [6.45, 7) is 4.01. The number of amides is 1. The van der Waals surface area contributed by atoms with Gasteiger partial charge in [0, 0.05) is 19.5 Å². The summed E-state index contributed by atoms with van der Waals surface area (Å²) in [4.78, 5) is 45.6. The van der Waals surface area contributed by atoms with E-state index >= 15 is 0 Å². The normalized spacial score (nSPS) is 15.0. The molecule has 1 aliphatic rings. The van der Waals surface area contributed by atoms with Gasteiger partial charge in [0.25, 0.3) is 11.1 Å². The molecule has 1 amide bonds. The molecule has 1 fully saturated rings. The summed E-state index contributed by atoms with van der Waals surface area (Å²) in [6.07, 6.45) is 6.89. The van der Waals surface area contributed by atoms with Crippen LogP contribution in [0.5, 0.6) is 5.75 Å². The number of H-pyrrole nitrogens is 1. The van der Waals surface area contributed by atoms with Crippen molar-refractivity contribution in [3.05, 3.63) is 44.3 Å². The number of rotatable bonds is 6. The zero-order valence-electron chi connectivity index (χ0n) is 17.1. The van der Waals surface area contributed by atoms with Crippen LogP contribution >= 0.6 is 0 Å². The third-order valence-electron chi connectivity index (χ3n) is 5.92. The van der Waals surface area contributed by atoms with Crippen LogP contribution < -0.4 is 21.2 Å². The van der Waals surface area contributed by atoms with E-state index in [1.54, 1.807) is 18.2 Å². The molecule has 1 saturated carbocycles. The van der Waals surface area contributed by atoms with Gasteiger partial charge < -0.3 is 9.64 Å². The van der Waals surface area contributed by atoms with Crippen molar-refractivity contribution in [3.8, 4) is 5.75 Å². The van der Waals surface area contributed by atoms with Crippen LogP contribution in [-0.4, -0.2) is 44.9 Å². The van der Waals surface area contributed by atoms with Crippen LogP contribution in [0.4, 0.5) is 0 Å². The van der Waals surface area contributed by atoms with Crippen LogP contribution in [0.1, 0.15) is 44.9 Å². The molecule has 0 bridgehead atoms. The van der Waals surface area contributed by atoms with E-state index in [1.165, 1.54) is 23.7 Å². The summed E-state index contributed by atoms with van der Waals surface area (Å²) in [5, 5.41) is 0.401. The Morgan fingerprint density at radius 1 is 1.30 bits per heavy atom. The van der Waals surface area contributed by atoms with Gasteiger partial charge in [-0.2, -0.15) is 0 Å². The van der Waals surface area contributed by atoms with Crippen molar-refractivity contribution in [3.63, 3.8) is 0 Å². The molecule has 0 unspecified atom stereocenters. The average Bonchev–Trinajstić information content (AvgIpc) is 3.05. The highest BCUT2D eigenvalue weighted by molar-refractivity contribution is 5.80. The third-order valence-corrected chi connectivity index (χ3v) is 5.92. The van der Waals surface area contributed by atoms with E-state index in [4.69, 9.17) is 4.74 Å². The van der Waals surface area contributed by atoms with E-state index in [0.717, 1.165) is 12.8 Å². The summed E-state index contributed by atoms with van der Waals surface area (Å²) in [7, 11) is 1.90. The number of benzene rings is 1. The molecule has 0 atom stereocenters. The zero-order chi connectivity index (χ0) is 21.3. The lowest BCUT2D eigenvalue weighted by molar-refractivity contribution is -0.132. The number of ether oxygens (including phenoxy) is 1. The van der Waals surface area contributed by atoms with Crippen molar-refractivity contribution >= 4 is 29.2 Å².